The molecule has 0 radical (unpaired) electrons. The van der Waals surface area contributed by atoms with Crippen molar-refractivity contribution in [2.75, 3.05) is 0 Å². The fourth-order valence-electron chi connectivity index (χ4n) is 2.25. The Morgan fingerprint density at radius 2 is 1.09 bits per heavy atom. The average molecular weight is 306 g/mol. The van der Waals surface area contributed by atoms with Crippen LogP contribution in [0.3, 0.4) is 0 Å². The zero-order chi connectivity index (χ0) is 16.9. The van der Waals surface area contributed by atoms with Crippen molar-refractivity contribution >= 4 is 23.9 Å². The first kappa shape index (κ1) is 17.6. The van der Waals surface area contributed by atoms with Crippen LogP contribution in [0, 0.1) is 0 Å². The summed E-state index contributed by atoms with van der Waals surface area (Å²) in [6, 6.07) is 2.81. The number of hydrogen-bond acceptors (Lipinski definition) is 6. The van der Waals surface area contributed by atoms with E-state index in [1.54, 1.807) is 0 Å². The van der Waals surface area contributed by atoms with Gasteiger partial charge in [-0.1, -0.05) is 13.8 Å². The van der Waals surface area contributed by atoms with Crippen molar-refractivity contribution < 1.29 is 28.7 Å². The molecule has 1 aromatic carbocycles. The smallest absolute Gasteiger partial charge is 0.346 e. The number of ether oxygens (including phenoxy) is 2. The molecule has 6 heteroatoms. The zero-order valence-electron chi connectivity index (χ0n) is 13.0. The molecule has 0 aliphatic carbocycles. The predicted octanol–water partition coefficient (Wildman–Crippen LogP) is 2.22. The number of esters is 4. The fraction of sp³-hybridized carbons (Fsp3) is 0.375. The molecular formula is C16H18O6. The average Bonchev–Trinajstić information content (AvgIpc) is 2.43. The van der Waals surface area contributed by atoms with E-state index in [2.05, 4.69) is 9.47 Å². The second-order valence-electron chi connectivity index (χ2n) is 4.59. The van der Waals surface area contributed by atoms with Crippen LogP contribution in [0.2, 0.25) is 0 Å². The predicted molar refractivity (Wildman–Crippen MR) is 77.4 cm³/mol. The molecule has 1 rings (SSSR count). The zero-order valence-corrected chi connectivity index (χ0v) is 13.0. The van der Waals surface area contributed by atoms with Crippen molar-refractivity contribution in [3.05, 3.63) is 34.4 Å². The van der Waals surface area contributed by atoms with Gasteiger partial charge < -0.3 is 9.47 Å². The number of hydrogen-bond donors (Lipinski definition) is 0. The van der Waals surface area contributed by atoms with E-state index in [-0.39, 0.29) is 11.1 Å². The lowest BCUT2D eigenvalue weighted by atomic mass is 9.92. The van der Waals surface area contributed by atoms with Crippen LogP contribution in [0.1, 0.15) is 59.5 Å². The number of carbonyl (C=O) groups excluding carboxylic acids is 4. The van der Waals surface area contributed by atoms with Crippen molar-refractivity contribution in [2.24, 2.45) is 0 Å². The van der Waals surface area contributed by atoms with Gasteiger partial charge >= 0.3 is 23.9 Å². The van der Waals surface area contributed by atoms with E-state index in [9.17, 15) is 19.2 Å². The SMILES string of the molecule is CCc1c(C(=O)OC(C)=O)ccc(C(=O)OC(C)=O)c1CC. The first-order valence-electron chi connectivity index (χ1n) is 6.91. The summed E-state index contributed by atoms with van der Waals surface area (Å²) in [6.07, 6.45) is 0.930. The molecule has 0 atom stereocenters. The molecule has 0 saturated heterocycles. The summed E-state index contributed by atoms with van der Waals surface area (Å²) >= 11 is 0. The van der Waals surface area contributed by atoms with Gasteiger partial charge in [0.15, 0.2) is 0 Å². The van der Waals surface area contributed by atoms with Crippen LogP contribution in [-0.2, 0) is 31.9 Å². The van der Waals surface area contributed by atoms with Gasteiger partial charge in [0.25, 0.3) is 0 Å². The van der Waals surface area contributed by atoms with Crippen molar-refractivity contribution in [3.63, 3.8) is 0 Å². The first-order valence-corrected chi connectivity index (χ1v) is 6.91. The largest absolute Gasteiger partial charge is 0.390 e. The number of carbonyl (C=O) groups is 4. The number of rotatable bonds is 4. The Hall–Kier alpha value is -2.50. The van der Waals surface area contributed by atoms with E-state index in [1.807, 2.05) is 13.8 Å². The van der Waals surface area contributed by atoms with Crippen LogP contribution < -0.4 is 0 Å². The molecule has 0 amide bonds. The Bertz CT molecular complexity index is 575. The van der Waals surface area contributed by atoms with E-state index in [0.29, 0.717) is 24.0 Å². The Morgan fingerprint density at radius 1 is 0.773 bits per heavy atom. The van der Waals surface area contributed by atoms with Gasteiger partial charge in [0, 0.05) is 13.8 Å². The quantitative estimate of drug-likeness (QED) is 0.626. The maximum atomic E-state index is 11.9. The summed E-state index contributed by atoms with van der Waals surface area (Å²) in [5.74, 6) is -2.92. The molecule has 0 aliphatic rings. The molecule has 6 nitrogen and oxygen atoms in total. The Morgan fingerprint density at radius 3 is 1.32 bits per heavy atom. The highest BCUT2D eigenvalue weighted by Crippen LogP contribution is 2.23. The maximum Gasteiger partial charge on any atom is 0.346 e. The van der Waals surface area contributed by atoms with E-state index < -0.39 is 23.9 Å². The minimum atomic E-state index is -0.759. The van der Waals surface area contributed by atoms with Crippen molar-refractivity contribution in [1.82, 2.24) is 0 Å². The van der Waals surface area contributed by atoms with Gasteiger partial charge in [-0.2, -0.15) is 0 Å². The molecule has 0 fully saturated rings. The van der Waals surface area contributed by atoms with E-state index in [1.165, 1.54) is 12.1 Å². The molecule has 22 heavy (non-hydrogen) atoms. The molecule has 0 spiro atoms. The number of benzene rings is 1. The fourth-order valence-corrected chi connectivity index (χ4v) is 2.25. The molecule has 0 N–H and O–H groups in total. The van der Waals surface area contributed by atoms with Gasteiger partial charge in [0.1, 0.15) is 0 Å². The van der Waals surface area contributed by atoms with Crippen molar-refractivity contribution in [3.8, 4) is 0 Å². The van der Waals surface area contributed by atoms with Gasteiger partial charge in [-0.3, -0.25) is 9.59 Å². The summed E-state index contributed by atoms with van der Waals surface area (Å²) in [6.45, 7) is 5.92. The van der Waals surface area contributed by atoms with Gasteiger partial charge in [-0.25, -0.2) is 9.59 Å². The molecular weight excluding hydrogens is 288 g/mol. The first-order chi connectivity index (χ1) is 10.3. The highest BCUT2D eigenvalue weighted by Gasteiger charge is 2.22. The van der Waals surface area contributed by atoms with Gasteiger partial charge in [0.05, 0.1) is 11.1 Å². The highest BCUT2D eigenvalue weighted by atomic mass is 16.6. The molecule has 0 unspecified atom stereocenters. The Kier molecular flexibility index (Phi) is 5.98. The molecule has 118 valence electrons. The normalized spacial score (nSPS) is 10.0. The summed E-state index contributed by atoms with van der Waals surface area (Å²) in [5.41, 5.74) is 1.67. The van der Waals surface area contributed by atoms with Gasteiger partial charge in [-0.15, -0.1) is 0 Å². The summed E-state index contributed by atoms with van der Waals surface area (Å²) in [7, 11) is 0. The topological polar surface area (TPSA) is 86.7 Å². The van der Waals surface area contributed by atoms with Crippen LogP contribution >= 0.6 is 0 Å². The summed E-state index contributed by atoms with van der Waals surface area (Å²) in [4.78, 5) is 45.7. The Labute approximate surface area is 128 Å². The maximum absolute atomic E-state index is 11.9. The van der Waals surface area contributed by atoms with Crippen molar-refractivity contribution in [2.45, 2.75) is 40.5 Å². The minimum absolute atomic E-state index is 0.230. The monoisotopic (exact) mass is 306 g/mol. The third-order valence-corrected chi connectivity index (χ3v) is 3.05. The van der Waals surface area contributed by atoms with Crippen molar-refractivity contribution in [1.29, 1.82) is 0 Å². The van der Waals surface area contributed by atoms with Gasteiger partial charge in [-0.05, 0) is 36.1 Å². The molecule has 1 aromatic rings. The van der Waals surface area contributed by atoms with Gasteiger partial charge in [0.2, 0.25) is 0 Å². The van der Waals surface area contributed by atoms with Crippen LogP contribution in [0.25, 0.3) is 0 Å². The summed E-state index contributed by atoms with van der Waals surface area (Å²) < 4.78 is 9.19. The van der Waals surface area contributed by atoms with Crippen LogP contribution in [0.15, 0.2) is 12.1 Å². The van der Waals surface area contributed by atoms with E-state index in [4.69, 9.17) is 0 Å². The highest BCUT2D eigenvalue weighted by molar-refractivity contribution is 6.01. The second-order valence-corrected chi connectivity index (χ2v) is 4.59. The standard InChI is InChI=1S/C16H18O6/c1-5-11-12(6-2)14(16(20)22-10(4)18)8-7-13(11)15(19)21-9(3)17/h7-8H,5-6H2,1-4H3. The minimum Gasteiger partial charge on any atom is -0.390 e. The van der Waals surface area contributed by atoms with Crippen LogP contribution in [0.5, 0.6) is 0 Å². The molecule has 0 bridgehead atoms. The third-order valence-electron chi connectivity index (χ3n) is 3.05. The molecule has 0 aromatic heterocycles. The molecule has 0 aliphatic heterocycles. The van der Waals surface area contributed by atoms with E-state index >= 15 is 0 Å². The molecule has 0 heterocycles. The van der Waals surface area contributed by atoms with Crippen LogP contribution in [0.4, 0.5) is 0 Å². The lowest BCUT2D eigenvalue weighted by Crippen LogP contribution is -2.17. The van der Waals surface area contributed by atoms with Crippen LogP contribution in [-0.4, -0.2) is 23.9 Å². The lowest BCUT2D eigenvalue weighted by molar-refractivity contribution is -0.136. The summed E-state index contributed by atoms with van der Waals surface area (Å²) in [5, 5.41) is 0. The third kappa shape index (κ3) is 4.00. The van der Waals surface area contributed by atoms with E-state index in [0.717, 1.165) is 13.8 Å². The lowest BCUT2D eigenvalue weighted by Gasteiger charge is -2.15. The Balaban J connectivity index is 3.36. The molecule has 0 saturated carbocycles. The second kappa shape index (κ2) is 7.49.